The summed E-state index contributed by atoms with van der Waals surface area (Å²) in [6.07, 6.45) is 1.80. The Morgan fingerprint density at radius 2 is 1.50 bits per heavy atom. The van der Waals surface area contributed by atoms with Gasteiger partial charge in [-0.15, -0.1) is 0 Å². The molecule has 1 saturated heterocycles. The Labute approximate surface area is 132 Å². The predicted molar refractivity (Wildman–Crippen MR) is 89.7 cm³/mol. The largest absolute Gasteiger partial charge is 0.514 e. The van der Waals surface area contributed by atoms with Gasteiger partial charge in [0, 0.05) is 11.9 Å². The fourth-order valence-corrected chi connectivity index (χ4v) is 2.27. The van der Waals surface area contributed by atoms with Gasteiger partial charge < -0.3 is 14.6 Å². The summed E-state index contributed by atoms with van der Waals surface area (Å²) in [4.78, 5) is 4.48. The van der Waals surface area contributed by atoms with E-state index in [4.69, 9.17) is 9.31 Å². The van der Waals surface area contributed by atoms with E-state index in [0.29, 0.717) is 0 Å². The fraction of sp³-hybridized carbons (Fsp3) is 0.353. The second-order valence-corrected chi connectivity index (χ2v) is 6.55. The van der Waals surface area contributed by atoms with Crippen molar-refractivity contribution in [2.24, 2.45) is 0 Å². The summed E-state index contributed by atoms with van der Waals surface area (Å²) in [6.45, 7) is 8.16. The van der Waals surface area contributed by atoms with Crippen LogP contribution in [0.25, 0.3) is 0 Å². The van der Waals surface area contributed by atoms with Gasteiger partial charge in [0.25, 0.3) is 0 Å². The lowest BCUT2D eigenvalue weighted by Gasteiger charge is -2.32. The Morgan fingerprint density at radius 3 is 2.05 bits per heavy atom. The lowest BCUT2D eigenvalue weighted by atomic mass is 9.84. The van der Waals surface area contributed by atoms with Gasteiger partial charge in [-0.3, -0.25) is 4.98 Å². The maximum Gasteiger partial charge on any atom is 0.514 e. The molecule has 22 heavy (non-hydrogen) atoms. The van der Waals surface area contributed by atoms with Gasteiger partial charge in [0.2, 0.25) is 0 Å². The summed E-state index contributed by atoms with van der Waals surface area (Å²) in [7, 11) is -0.421. The average Bonchev–Trinajstić information content (AvgIpc) is 2.69. The third-order valence-corrected chi connectivity index (χ3v) is 4.34. The summed E-state index contributed by atoms with van der Waals surface area (Å²) in [6, 6.07) is 13.9. The van der Waals surface area contributed by atoms with E-state index in [1.165, 1.54) is 0 Å². The topological polar surface area (TPSA) is 43.4 Å². The molecule has 1 aliphatic heterocycles. The first kappa shape index (κ1) is 15.1. The Balaban J connectivity index is 1.73. The molecule has 0 bridgehead atoms. The van der Waals surface area contributed by atoms with Crippen molar-refractivity contribution in [3.05, 3.63) is 48.7 Å². The van der Waals surface area contributed by atoms with Gasteiger partial charge in [-0.1, -0.05) is 18.2 Å². The SMILES string of the molecule is CC1(C)OB(c2ccc(Nc3ccccc3)cn2)OC1(C)C. The molecule has 4 nitrogen and oxygen atoms in total. The minimum absolute atomic E-state index is 0.347. The van der Waals surface area contributed by atoms with Crippen LogP contribution >= 0.6 is 0 Å². The standard InChI is InChI=1S/C17H21BN2O2/c1-16(2)17(3,4)22-18(21-16)15-11-10-14(12-19-15)20-13-8-6-5-7-9-13/h5-12,20H,1-4H3. The van der Waals surface area contributed by atoms with Crippen LogP contribution in [0.3, 0.4) is 0 Å². The second kappa shape index (κ2) is 5.41. The van der Waals surface area contributed by atoms with E-state index < -0.39 is 7.12 Å². The molecule has 0 unspecified atom stereocenters. The number of para-hydroxylation sites is 1. The highest BCUT2D eigenvalue weighted by Crippen LogP contribution is 2.36. The van der Waals surface area contributed by atoms with E-state index in [0.717, 1.165) is 17.0 Å². The monoisotopic (exact) mass is 296 g/mol. The van der Waals surface area contributed by atoms with Crippen molar-refractivity contribution in [2.75, 3.05) is 5.32 Å². The van der Waals surface area contributed by atoms with Crippen LogP contribution in [0.4, 0.5) is 11.4 Å². The van der Waals surface area contributed by atoms with Crippen LogP contribution in [0.15, 0.2) is 48.7 Å². The highest BCUT2D eigenvalue weighted by Gasteiger charge is 2.52. The Morgan fingerprint density at radius 1 is 0.864 bits per heavy atom. The Hall–Kier alpha value is -1.85. The van der Waals surface area contributed by atoms with E-state index in [-0.39, 0.29) is 11.2 Å². The minimum Gasteiger partial charge on any atom is -0.398 e. The van der Waals surface area contributed by atoms with Crippen molar-refractivity contribution in [1.82, 2.24) is 4.98 Å². The van der Waals surface area contributed by atoms with E-state index in [1.54, 1.807) is 6.20 Å². The number of nitrogens with one attached hydrogen (secondary N) is 1. The zero-order valence-corrected chi connectivity index (χ0v) is 13.5. The fourth-order valence-electron chi connectivity index (χ4n) is 2.27. The van der Waals surface area contributed by atoms with Crippen molar-refractivity contribution in [2.45, 2.75) is 38.9 Å². The molecule has 2 aromatic rings. The van der Waals surface area contributed by atoms with Crippen molar-refractivity contribution in [1.29, 1.82) is 0 Å². The Bertz CT molecular complexity index is 625. The molecule has 1 aromatic heterocycles. The lowest BCUT2D eigenvalue weighted by molar-refractivity contribution is 0.00578. The number of hydrogen-bond donors (Lipinski definition) is 1. The molecule has 0 saturated carbocycles. The number of pyridine rings is 1. The molecule has 0 aliphatic carbocycles. The summed E-state index contributed by atoms with van der Waals surface area (Å²) in [5, 5.41) is 3.31. The molecular weight excluding hydrogens is 275 g/mol. The van der Waals surface area contributed by atoms with Gasteiger partial charge in [-0.2, -0.15) is 0 Å². The third-order valence-electron chi connectivity index (χ3n) is 4.34. The van der Waals surface area contributed by atoms with Crippen molar-refractivity contribution in [3.63, 3.8) is 0 Å². The molecule has 1 N–H and O–H groups in total. The third kappa shape index (κ3) is 2.87. The first-order chi connectivity index (χ1) is 10.4. The maximum atomic E-state index is 6.00. The molecule has 1 aliphatic rings. The molecule has 114 valence electrons. The van der Waals surface area contributed by atoms with Gasteiger partial charge in [0.1, 0.15) is 0 Å². The maximum absolute atomic E-state index is 6.00. The molecule has 0 radical (unpaired) electrons. The smallest absolute Gasteiger partial charge is 0.398 e. The first-order valence-electron chi connectivity index (χ1n) is 7.51. The second-order valence-electron chi connectivity index (χ2n) is 6.55. The Kier molecular flexibility index (Phi) is 3.71. The van der Waals surface area contributed by atoms with Crippen LogP contribution in [0.1, 0.15) is 27.7 Å². The lowest BCUT2D eigenvalue weighted by Crippen LogP contribution is -2.41. The molecule has 0 spiro atoms. The van der Waals surface area contributed by atoms with Crippen LogP contribution in [0.5, 0.6) is 0 Å². The van der Waals surface area contributed by atoms with Crippen molar-refractivity contribution in [3.8, 4) is 0 Å². The highest BCUT2D eigenvalue weighted by atomic mass is 16.7. The zero-order chi connectivity index (χ0) is 15.8. The number of hydrogen-bond acceptors (Lipinski definition) is 4. The van der Waals surface area contributed by atoms with Gasteiger partial charge in [0.05, 0.1) is 22.5 Å². The summed E-state index contributed by atoms with van der Waals surface area (Å²) < 4.78 is 12.0. The van der Waals surface area contributed by atoms with Gasteiger partial charge in [0.15, 0.2) is 0 Å². The normalized spacial score (nSPS) is 19.2. The van der Waals surface area contributed by atoms with E-state index >= 15 is 0 Å². The van der Waals surface area contributed by atoms with Gasteiger partial charge >= 0.3 is 7.12 Å². The molecular formula is C17H21BN2O2. The number of nitrogens with zero attached hydrogens (tertiary/aromatic N) is 1. The van der Waals surface area contributed by atoms with E-state index in [9.17, 15) is 0 Å². The minimum atomic E-state index is -0.421. The van der Waals surface area contributed by atoms with Crippen LogP contribution in [-0.4, -0.2) is 23.3 Å². The molecule has 1 aromatic carbocycles. The number of aromatic nitrogens is 1. The number of rotatable bonds is 3. The summed E-state index contributed by atoms with van der Waals surface area (Å²) in [5.41, 5.74) is 2.07. The van der Waals surface area contributed by atoms with Gasteiger partial charge in [-0.25, -0.2) is 0 Å². The van der Waals surface area contributed by atoms with Crippen LogP contribution in [0, 0.1) is 0 Å². The average molecular weight is 296 g/mol. The quantitative estimate of drug-likeness (QED) is 0.884. The van der Waals surface area contributed by atoms with Crippen LogP contribution in [0.2, 0.25) is 0 Å². The highest BCUT2D eigenvalue weighted by molar-refractivity contribution is 6.61. The molecule has 0 atom stereocenters. The number of anilines is 2. The van der Waals surface area contributed by atoms with Gasteiger partial charge in [-0.05, 0) is 52.0 Å². The van der Waals surface area contributed by atoms with E-state index in [2.05, 4.69) is 10.3 Å². The molecule has 1 fully saturated rings. The molecule has 2 heterocycles. The number of benzene rings is 1. The summed E-state index contributed by atoms with van der Waals surface area (Å²) in [5.74, 6) is 0. The van der Waals surface area contributed by atoms with Crippen molar-refractivity contribution >= 4 is 24.1 Å². The predicted octanol–water partition coefficient (Wildman–Crippen LogP) is 3.12. The molecule has 5 heteroatoms. The zero-order valence-electron chi connectivity index (χ0n) is 13.5. The molecule has 0 amide bonds. The molecule has 3 rings (SSSR count). The van der Waals surface area contributed by atoms with Crippen LogP contribution in [-0.2, 0) is 9.31 Å². The van der Waals surface area contributed by atoms with E-state index in [1.807, 2.05) is 70.2 Å². The summed E-state index contributed by atoms with van der Waals surface area (Å²) >= 11 is 0. The van der Waals surface area contributed by atoms with Crippen molar-refractivity contribution < 1.29 is 9.31 Å². The van der Waals surface area contributed by atoms with Crippen LogP contribution < -0.4 is 10.9 Å². The first-order valence-corrected chi connectivity index (χ1v) is 7.51.